The molecule has 6 nitrogen and oxygen atoms in total. The Morgan fingerprint density at radius 1 is 1.20 bits per heavy atom. The first-order valence-electron chi connectivity index (χ1n) is 6.07. The quantitative estimate of drug-likeness (QED) is 0.716. The van der Waals surface area contributed by atoms with E-state index in [0.717, 1.165) is 0 Å². The van der Waals surface area contributed by atoms with Crippen LogP contribution in [0.4, 0.5) is 13.6 Å². The standard InChI is InChI=1S/C12H21F2NO5/c1-6(2)7(8(16)12(13,14)9(17)18)15-10(19)20-11(3,4)5/h6-8,16H,1-5H3,(H,15,19)(H,17,18). The second-order valence-electron chi connectivity index (χ2n) is 5.79. The predicted molar refractivity (Wildman–Crippen MR) is 66.6 cm³/mol. The van der Waals surface area contributed by atoms with Crippen molar-refractivity contribution in [1.29, 1.82) is 0 Å². The molecule has 2 atom stereocenters. The Labute approximate surface area is 116 Å². The number of alkyl carbamates (subject to hydrolysis) is 1. The molecular formula is C12H21F2NO5. The van der Waals surface area contributed by atoms with Crippen molar-refractivity contribution >= 4 is 12.1 Å². The molecule has 0 saturated carbocycles. The number of amides is 1. The highest BCUT2D eigenvalue weighted by atomic mass is 19.3. The number of carboxylic acid groups (broad SMARTS) is 1. The fourth-order valence-electron chi connectivity index (χ4n) is 1.41. The third-order valence-corrected chi connectivity index (χ3v) is 2.40. The topological polar surface area (TPSA) is 95.9 Å². The van der Waals surface area contributed by atoms with E-state index in [4.69, 9.17) is 9.84 Å². The van der Waals surface area contributed by atoms with Crippen molar-refractivity contribution in [2.24, 2.45) is 5.92 Å². The molecule has 0 radical (unpaired) electrons. The number of rotatable bonds is 5. The maximum Gasteiger partial charge on any atom is 0.407 e. The summed E-state index contributed by atoms with van der Waals surface area (Å²) in [7, 11) is 0. The van der Waals surface area contributed by atoms with Gasteiger partial charge < -0.3 is 20.3 Å². The second-order valence-corrected chi connectivity index (χ2v) is 5.79. The number of carbonyl (C=O) groups is 2. The lowest BCUT2D eigenvalue weighted by atomic mass is 9.94. The number of aliphatic carboxylic acids is 1. The number of aliphatic hydroxyl groups excluding tert-OH is 1. The minimum atomic E-state index is -4.37. The molecular weight excluding hydrogens is 276 g/mol. The van der Waals surface area contributed by atoms with E-state index in [9.17, 15) is 23.5 Å². The highest BCUT2D eigenvalue weighted by molar-refractivity contribution is 5.76. The number of halogens is 2. The number of carboxylic acids is 1. The Bertz CT molecular complexity index is 365. The molecule has 0 aromatic heterocycles. The summed E-state index contributed by atoms with van der Waals surface area (Å²) in [5.41, 5.74) is -0.841. The third-order valence-electron chi connectivity index (χ3n) is 2.40. The molecule has 0 fully saturated rings. The Balaban J connectivity index is 5.00. The van der Waals surface area contributed by atoms with Crippen molar-refractivity contribution in [1.82, 2.24) is 5.32 Å². The summed E-state index contributed by atoms with van der Waals surface area (Å²) < 4.78 is 31.5. The monoisotopic (exact) mass is 297 g/mol. The Morgan fingerprint density at radius 2 is 1.65 bits per heavy atom. The van der Waals surface area contributed by atoms with E-state index in [-0.39, 0.29) is 0 Å². The normalized spacial score (nSPS) is 15.7. The highest BCUT2D eigenvalue weighted by Gasteiger charge is 2.51. The van der Waals surface area contributed by atoms with Crippen LogP contribution in [0.5, 0.6) is 0 Å². The molecule has 118 valence electrons. The van der Waals surface area contributed by atoms with Gasteiger partial charge in [0, 0.05) is 0 Å². The predicted octanol–water partition coefficient (Wildman–Crippen LogP) is 1.62. The van der Waals surface area contributed by atoms with E-state index >= 15 is 0 Å². The van der Waals surface area contributed by atoms with Crippen LogP contribution in [-0.2, 0) is 9.53 Å². The smallest absolute Gasteiger partial charge is 0.407 e. The summed E-state index contributed by atoms with van der Waals surface area (Å²) in [6.07, 6.45) is -3.57. The van der Waals surface area contributed by atoms with Gasteiger partial charge in [0.1, 0.15) is 11.7 Å². The molecule has 0 spiro atoms. The van der Waals surface area contributed by atoms with Gasteiger partial charge in [-0.15, -0.1) is 0 Å². The van der Waals surface area contributed by atoms with E-state index in [1.807, 2.05) is 0 Å². The van der Waals surface area contributed by atoms with Crippen LogP contribution in [0.2, 0.25) is 0 Å². The van der Waals surface area contributed by atoms with Crippen molar-refractivity contribution in [3.63, 3.8) is 0 Å². The fourth-order valence-corrected chi connectivity index (χ4v) is 1.41. The lowest BCUT2D eigenvalue weighted by Gasteiger charge is -2.31. The highest BCUT2D eigenvalue weighted by Crippen LogP contribution is 2.25. The summed E-state index contributed by atoms with van der Waals surface area (Å²) >= 11 is 0. The minimum Gasteiger partial charge on any atom is -0.477 e. The first kappa shape index (κ1) is 18.6. The molecule has 0 saturated heterocycles. The molecule has 8 heteroatoms. The van der Waals surface area contributed by atoms with Gasteiger partial charge >= 0.3 is 18.0 Å². The van der Waals surface area contributed by atoms with E-state index < -0.39 is 41.6 Å². The van der Waals surface area contributed by atoms with Crippen LogP contribution in [0.25, 0.3) is 0 Å². The van der Waals surface area contributed by atoms with Crippen LogP contribution < -0.4 is 5.32 Å². The van der Waals surface area contributed by atoms with Gasteiger partial charge in [-0.2, -0.15) is 8.78 Å². The minimum absolute atomic E-state index is 0.622. The van der Waals surface area contributed by atoms with Crippen LogP contribution in [0.3, 0.4) is 0 Å². The zero-order chi connectivity index (χ0) is 16.3. The number of nitrogens with one attached hydrogen (secondary N) is 1. The van der Waals surface area contributed by atoms with Crippen LogP contribution >= 0.6 is 0 Å². The second kappa shape index (κ2) is 6.34. The number of alkyl halides is 2. The summed E-state index contributed by atoms with van der Waals surface area (Å²) in [6, 6.07) is -1.46. The third kappa shape index (κ3) is 5.28. The average Bonchev–Trinajstić information content (AvgIpc) is 2.21. The van der Waals surface area contributed by atoms with Crippen LogP contribution in [0.15, 0.2) is 0 Å². The van der Waals surface area contributed by atoms with Crippen LogP contribution in [-0.4, -0.2) is 45.9 Å². The summed E-state index contributed by atoms with van der Waals surface area (Å²) in [5.74, 6) is -7.45. The molecule has 0 aromatic carbocycles. The molecule has 2 unspecified atom stereocenters. The van der Waals surface area contributed by atoms with Crippen molar-refractivity contribution in [3.8, 4) is 0 Å². The van der Waals surface area contributed by atoms with Gasteiger partial charge in [0.2, 0.25) is 0 Å². The van der Waals surface area contributed by atoms with Gasteiger partial charge in [-0.3, -0.25) is 0 Å². The van der Waals surface area contributed by atoms with Gasteiger partial charge in [-0.05, 0) is 26.7 Å². The van der Waals surface area contributed by atoms with E-state index in [1.54, 1.807) is 20.8 Å². The molecule has 0 aliphatic heterocycles. The van der Waals surface area contributed by atoms with Crippen LogP contribution in [0, 0.1) is 5.92 Å². The molecule has 0 bridgehead atoms. The lowest BCUT2D eigenvalue weighted by Crippen LogP contribution is -2.57. The van der Waals surface area contributed by atoms with E-state index in [0.29, 0.717) is 0 Å². The van der Waals surface area contributed by atoms with Crippen molar-refractivity contribution in [2.45, 2.75) is 58.3 Å². The SMILES string of the molecule is CC(C)C(NC(=O)OC(C)(C)C)C(O)C(F)(F)C(=O)O. The molecule has 0 aromatic rings. The van der Waals surface area contributed by atoms with Crippen LogP contribution in [0.1, 0.15) is 34.6 Å². The number of hydrogen-bond donors (Lipinski definition) is 3. The fraction of sp³-hybridized carbons (Fsp3) is 0.833. The van der Waals surface area contributed by atoms with E-state index in [2.05, 4.69) is 5.32 Å². The van der Waals surface area contributed by atoms with Crippen molar-refractivity contribution in [2.75, 3.05) is 0 Å². The summed E-state index contributed by atoms with van der Waals surface area (Å²) in [4.78, 5) is 22.0. The summed E-state index contributed by atoms with van der Waals surface area (Å²) in [6.45, 7) is 7.67. The van der Waals surface area contributed by atoms with Gasteiger partial charge in [0.15, 0.2) is 0 Å². The number of ether oxygens (including phenoxy) is 1. The maximum atomic E-state index is 13.3. The Morgan fingerprint density at radius 3 is 1.95 bits per heavy atom. The largest absolute Gasteiger partial charge is 0.477 e. The molecule has 3 N–H and O–H groups in total. The number of hydrogen-bond acceptors (Lipinski definition) is 4. The van der Waals surface area contributed by atoms with Gasteiger partial charge in [0.05, 0.1) is 6.04 Å². The van der Waals surface area contributed by atoms with E-state index in [1.165, 1.54) is 13.8 Å². The average molecular weight is 297 g/mol. The Kier molecular flexibility index (Phi) is 5.88. The van der Waals surface area contributed by atoms with Gasteiger partial charge in [-0.25, -0.2) is 9.59 Å². The molecule has 0 rings (SSSR count). The lowest BCUT2D eigenvalue weighted by molar-refractivity contribution is -0.186. The Hall–Kier alpha value is -1.44. The first-order valence-corrected chi connectivity index (χ1v) is 6.07. The first-order chi connectivity index (χ1) is 8.79. The molecule has 0 aliphatic rings. The molecule has 20 heavy (non-hydrogen) atoms. The number of carbonyl (C=O) groups excluding carboxylic acids is 1. The van der Waals surface area contributed by atoms with Crippen molar-refractivity contribution < 1.29 is 33.3 Å². The van der Waals surface area contributed by atoms with Gasteiger partial charge in [-0.1, -0.05) is 13.8 Å². The molecule has 0 aliphatic carbocycles. The zero-order valence-corrected chi connectivity index (χ0v) is 12.1. The van der Waals surface area contributed by atoms with Gasteiger partial charge in [0.25, 0.3) is 0 Å². The molecule has 0 heterocycles. The van der Waals surface area contributed by atoms with Crippen molar-refractivity contribution in [3.05, 3.63) is 0 Å². The summed E-state index contributed by atoms with van der Waals surface area (Å²) in [5, 5.41) is 20.0. The zero-order valence-electron chi connectivity index (χ0n) is 12.1. The maximum absolute atomic E-state index is 13.3. The molecule has 1 amide bonds. The number of aliphatic hydroxyl groups is 1.